The molecule has 0 radical (unpaired) electrons. The Bertz CT molecular complexity index is 706. The van der Waals surface area contributed by atoms with E-state index in [-0.39, 0.29) is 17.5 Å². The van der Waals surface area contributed by atoms with Gasteiger partial charge in [0.25, 0.3) is 0 Å². The second kappa shape index (κ2) is 6.71. The monoisotopic (exact) mass is 370 g/mol. The van der Waals surface area contributed by atoms with Crippen LogP contribution in [0.5, 0.6) is 0 Å². The van der Waals surface area contributed by atoms with Crippen LogP contribution in [0.3, 0.4) is 0 Å². The summed E-state index contributed by atoms with van der Waals surface area (Å²) in [6.45, 7) is 2.16. The maximum Gasteiger partial charge on any atom is 0.338 e. The third-order valence-electron chi connectivity index (χ3n) is 4.35. The smallest absolute Gasteiger partial charge is 0.338 e. The number of hydrogen-bond donors (Lipinski definition) is 0. The van der Waals surface area contributed by atoms with Crippen molar-refractivity contribution in [1.82, 2.24) is 0 Å². The van der Waals surface area contributed by atoms with Gasteiger partial charge in [0, 0.05) is 9.89 Å². The Morgan fingerprint density at radius 2 is 1.83 bits per heavy atom. The molecule has 0 saturated heterocycles. The number of carbonyl (C=O) groups excluding carboxylic acids is 1. The quantitative estimate of drug-likeness (QED) is 0.509. The predicted octanol–water partition coefficient (Wildman–Crippen LogP) is 5.70. The molecule has 3 heteroatoms. The highest BCUT2D eigenvalue weighted by Gasteiger charge is 2.37. The van der Waals surface area contributed by atoms with Crippen LogP contribution in [0.15, 0.2) is 71.2 Å². The number of esters is 1. The number of halogens is 1. The summed E-state index contributed by atoms with van der Waals surface area (Å²) in [6.07, 6.45) is 6.08. The summed E-state index contributed by atoms with van der Waals surface area (Å²) >= 11 is 3.38. The van der Waals surface area contributed by atoms with E-state index in [1.54, 1.807) is 12.1 Å². The number of hydrogen-bond acceptors (Lipinski definition) is 2. The van der Waals surface area contributed by atoms with Crippen LogP contribution in [-0.4, -0.2) is 5.97 Å². The molecule has 1 aliphatic rings. The molecule has 0 N–H and O–H groups in total. The van der Waals surface area contributed by atoms with Crippen molar-refractivity contribution in [3.8, 4) is 0 Å². The highest BCUT2D eigenvalue weighted by atomic mass is 79.9. The molecule has 2 aromatic rings. The summed E-state index contributed by atoms with van der Waals surface area (Å²) in [5, 5.41) is 0. The number of carbonyl (C=O) groups is 1. The van der Waals surface area contributed by atoms with Crippen molar-refractivity contribution in [2.45, 2.75) is 25.9 Å². The molecule has 0 amide bonds. The maximum absolute atomic E-state index is 12.6. The SMILES string of the molecule is C[C@]1([C@H](OC(=O)c2ccc(Br)cc2)c2ccccc2)C=CCC1. The van der Waals surface area contributed by atoms with E-state index in [9.17, 15) is 4.79 Å². The van der Waals surface area contributed by atoms with Gasteiger partial charge in [0.05, 0.1) is 5.56 Å². The molecule has 2 nitrogen and oxygen atoms in total. The minimum absolute atomic E-state index is 0.160. The summed E-state index contributed by atoms with van der Waals surface area (Å²) in [6, 6.07) is 17.3. The topological polar surface area (TPSA) is 26.3 Å². The minimum atomic E-state index is -0.284. The van der Waals surface area contributed by atoms with Crippen molar-refractivity contribution >= 4 is 21.9 Å². The molecule has 23 heavy (non-hydrogen) atoms. The summed E-state index contributed by atoms with van der Waals surface area (Å²) in [5.74, 6) is -0.284. The lowest BCUT2D eigenvalue weighted by Gasteiger charge is -2.32. The first-order valence-corrected chi connectivity index (χ1v) is 8.57. The molecule has 1 aliphatic carbocycles. The van der Waals surface area contributed by atoms with Gasteiger partial charge in [-0.25, -0.2) is 4.79 Å². The standard InChI is InChI=1S/C20H19BrO2/c1-20(13-5-6-14-20)18(15-7-3-2-4-8-15)23-19(22)16-9-11-17(21)12-10-16/h2-5,7-13,18H,6,14H2,1H3/t18-,20+/m1/s1. The number of rotatable bonds is 4. The molecule has 0 aromatic heterocycles. The Balaban J connectivity index is 1.88. The third-order valence-corrected chi connectivity index (χ3v) is 4.88. The molecule has 0 fully saturated rings. The first kappa shape index (κ1) is 16.0. The van der Waals surface area contributed by atoms with Crippen molar-refractivity contribution in [3.05, 3.63) is 82.3 Å². The normalized spacial score (nSPS) is 21.1. The van der Waals surface area contributed by atoms with Crippen LogP contribution in [0, 0.1) is 5.41 Å². The van der Waals surface area contributed by atoms with Crippen LogP contribution in [0.2, 0.25) is 0 Å². The Kier molecular flexibility index (Phi) is 4.67. The molecule has 2 atom stereocenters. The van der Waals surface area contributed by atoms with E-state index in [0.29, 0.717) is 5.56 Å². The maximum atomic E-state index is 12.6. The zero-order chi connectivity index (χ0) is 16.3. The van der Waals surface area contributed by atoms with E-state index in [1.807, 2.05) is 42.5 Å². The van der Waals surface area contributed by atoms with Gasteiger partial charge in [-0.05, 0) is 42.7 Å². The predicted molar refractivity (Wildman–Crippen MR) is 95.2 cm³/mol. The van der Waals surface area contributed by atoms with Gasteiger partial charge < -0.3 is 4.74 Å². The van der Waals surface area contributed by atoms with Crippen molar-refractivity contribution in [1.29, 1.82) is 0 Å². The van der Waals surface area contributed by atoms with E-state index in [4.69, 9.17) is 4.74 Å². The number of ether oxygens (including phenoxy) is 1. The fourth-order valence-corrected chi connectivity index (χ4v) is 3.29. The van der Waals surface area contributed by atoms with E-state index in [1.165, 1.54) is 0 Å². The molecular formula is C20H19BrO2. The Morgan fingerprint density at radius 1 is 1.13 bits per heavy atom. The Hall–Kier alpha value is -1.87. The molecule has 3 rings (SSSR count). The van der Waals surface area contributed by atoms with Crippen LogP contribution in [0.4, 0.5) is 0 Å². The van der Waals surface area contributed by atoms with E-state index >= 15 is 0 Å². The molecule has 0 spiro atoms. The molecule has 0 unspecified atom stereocenters. The Morgan fingerprint density at radius 3 is 2.43 bits per heavy atom. The molecule has 0 heterocycles. The van der Waals surface area contributed by atoms with Crippen LogP contribution >= 0.6 is 15.9 Å². The van der Waals surface area contributed by atoms with E-state index in [0.717, 1.165) is 22.9 Å². The van der Waals surface area contributed by atoms with Crippen LogP contribution < -0.4 is 0 Å². The lowest BCUT2D eigenvalue weighted by Crippen LogP contribution is -2.26. The second-order valence-electron chi connectivity index (χ2n) is 6.15. The van der Waals surface area contributed by atoms with E-state index < -0.39 is 0 Å². The first-order chi connectivity index (χ1) is 11.1. The molecule has 2 aromatic carbocycles. The molecule has 0 saturated carbocycles. The minimum Gasteiger partial charge on any atom is -0.453 e. The average Bonchev–Trinajstić information content (AvgIpc) is 3.01. The lowest BCUT2D eigenvalue weighted by atomic mass is 9.80. The van der Waals surface area contributed by atoms with Gasteiger partial charge in [0.1, 0.15) is 6.10 Å². The summed E-state index contributed by atoms with van der Waals surface area (Å²) in [5.41, 5.74) is 1.44. The average molecular weight is 371 g/mol. The largest absolute Gasteiger partial charge is 0.453 e. The van der Waals surface area contributed by atoms with Gasteiger partial charge in [-0.15, -0.1) is 0 Å². The van der Waals surface area contributed by atoms with Crippen molar-refractivity contribution < 1.29 is 9.53 Å². The highest BCUT2D eigenvalue weighted by Crippen LogP contribution is 2.45. The highest BCUT2D eigenvalue weighted by molar-refractivity contribution is 9.10. The molecular weight excluding hydrogens is 352 g/mol. The van der Waals surface area contributed by atoms with Crippen LogP contribution in [0.25, 0.3) is 0 Å². The summed E-state index contributed by atoms with van der Waals surface area (Å²) < 4.78 is 6.89. The van der Waals surface area contributed by atoms with Crippen LogP contribution in [-0.2, 0) is 4.74 Å². The van der Waals surface area contributed by atoms with Crippen molar-refractivity contribution in [2.24, 2.45) is 5.41 Å². The lowest BCUT2D eigenvalue weighted by molar-refractivity contribution is -0.000826. The van der Waals surface area contributed by atoms with Gasteiger partial charge in [0.2, 0.25) is 0 Å². The van der Waals surface area contributed by atoms with Crippen molar-refractivity contribution in [3.63, 3.8) is 0 Å². The first-order valence-electron chi connectivity index (χ1n) is 7.78. The number of allylic oxidation sites excluding steroid dienone is 1. The summed E-state index contributed by atoms with van der Waals surface area (Å²) in [4.78, 5) is 12.6. The van der Waals surface area contributed by atoms with Gasteiger partial charge in [-0.2, -0.15) is 0 Å². The van der Waals surface area contributed by atoms with Crippen molar-refractivity contribution in [2.75, 3.05) is 0 Å². The fourth-order valence-electron chi connectivity index (χ4n) is 3.02. The van der Waals surface area contributed by atoms with Gasteiger partial charge >= 0.3 is 5.97 Å². The van der Waals surface area contributed by atoms with Gasteiger partial charge in [0.15, 0.2) is 0 Å². The zero-order valence-corrected chi connectivity index (χ0v) is 14.6. The number of benzene rings is 2. The van der Waals surface area contributed by atoms with Gasteiger partial charge in [-0.3, -0.25) is 0 Å². The fraction of sp³-hybridized carbons (Fsp3) is 0.250. The zero-order valence-electron chi connectivity index (χ0n) is 13.0. The molecule has 0 aliphatic heterocycles. The van der Waals surface area contributed by atoms with E-state index in [2.05, 4.69) is 35.0 Å². The molecule has 118 valence electrons. The second-order valence-corrected chi connectivity index (χ2v) is 7.07. The van der Waals surface area contributed by atoms with Crippen LogP contribution in [0.1, 0.15) is 41.8 Å². The molecule has 0 bridgehead atoms. The third kappa shape index (κ3) is 3.56. The Labute approximate surface area is 145 Å². The van der Waals surface area contributed by atoms with Gasteiger partial charge in [-0.1, -0.05) is 65.3 Å². The summed E-state index contributed by atoms with van der Waals surface area (Å²) in [7, 11) is 0.